The molecule has 7 heteroatoms. The molecule has 7 nitrogen and oxygen atoms in total. The molecule has 0 unspecified atom stereocenters. The number of carbonyl (C=O) groups excluding carboxylic acids is 1. The molecule has 0 aliphatic carbocycles. The van der Waals surface area contributed by atoms with Gasteiger partial charge in [-0.2, -0.15) is 0 Å². The zero-order valence-corrected chi connectivity index (χ0v) is 16.7. The number of methoxy groups -OCH3 is 1. The minimum Gasteiger partial charge on any atom is -0.497 e. The number of hydrogen-bond donors (Lipinski definition) is 2. The van der Waals surface area contributed by atoms with Crippen LogP contribution in [0.15, 0.2) is 54.6 Å². The van der Waals surface area contributed by atoms with Crippen LogP contribution in [0.3, 0.4) is 0 Å². The number of benzene rings is 2. The number of rotatable bonds is 9. The lowest BCUT2D eigenvalue weighted by molar-refractivity contribution is 0.101. The summed E-state index contributed by atoms with van der Waals surface area (Å²) >= 11 is 0. The predicted molar refractivity (Wildman–Crippen MR) is 113 cm³/mol. The molecule has 3 aromatic rings. The van der Waals surface area contributed by atoms with Crippen LogP contribution in [0.25, 0.3) is 0 Å². The Balaban J connectivity index is 1.54. The van der Waals surface area contributed by atoms with Gasteiger partial charge in [-0.05, 0) is 62.4 Å². The number of ether oxygens (including phenoxy) is 2. The van der Waals surface area contributed by atoms with Crippen LogP contribution in [-0.4, -0.2) is 36.0 Å². The van der Waals surface area contributed by atoms with Crippen LogP contribution >= 0.6 is 0 Å². The fraction of sp³-hybridized carbons (Fsp3) is 0.227. The van der Waals surface area contributed by atoms with Gasteiger partial charge in [0.2, 0.25) is 0 Å². The quantitative estimate of drug-likeness (QED) is 0.416. The van der Waals surface area contributed by atoms with Gasteiger partial charge in [-0.15, -0.1) is 0 Å². The number of ketones is 1. The second-order valence-corrected chi connectivity index (χ2v) is 6.39. The van der Waals surface area contributed by atoms with Crippen LogP contribution in [0, 0.1) is 6.92 Å². The molecular weight excluding hydrogens is 368 g/mol. The lowest BCUT2D eigenvalue weighted by atomic mass is 10.1. The number of Topliss-reactive ketones (excluding diaryl/α,β-unsaturated/α-hetero) is 1. The van der Waals surface area contributed by atoms with Crippen molar-refractivity contribution in [3.8, 4) is 11.5 Å². The van der Waals surface area contributed by atoms with Crippen molar-refractivity contribution in [1.82, 2.24) is 9.97 Å². The number of nitrogens with zero attached hydrogens (tertiary/aromatic N) is 2. The van der Waals surface area contributed by atoms with Gasteiger partial charge in [0.1, 0.15) is 35.6 Å². The van der Waals surface area contributed by atoms with Crippen molar-refractivity contribution in [2.75, 3.05) is 30.9 Å². The molecule has 3 rings (SSSR count). The third-order valence-corrected chi connectivity index (χ3v) is 4.14. The van der Waals surface area contributed by atoms with Gasteiger partial charge in [0.15, 0.2) is 5.78 Å². The topological polar surface area (TPSA) is 85.4 Å². The number of aromatic nitrogens is 2. The molecule has 1 heterocycles. The third-order valence-electron chi connectivity index (χ3n) is 4.14. The van der Waals surface area contributed by atoms with Crippen molar-refractivity contribution >= 4 is 23.1 Å². The summed E-state index contributed by atoms with van der Waals surface area (Å²) < 4.78 is 10.8. The van der Waals surface area contributed by atoms with Crippen molar-refractivity contribution < 1.29 is 14.3 Å². The molecule has 0 saturated heterocycles. The molecule has 0 atom stereocenters. The van der Waals surface area contributed by atoms with Crippen molar-refractivity contribution in [2.24, 2.45) is 0 Å². The first-order chi connectivity index (χ1) is 14.0. The SMILES string of the molecule is COc1ccc(OCCNc2cc(Nc3ccc(C(C)=O)cc3)nc(C)n2)cc1. The van der Waals surface area contributed by atoms with Crippen LogP contribution in [-0.2, 0) is 0 Å². The Morgan fingerprint density at radius 3 is 2.28 bits per heavy atom. The minimum absolute atomic E-state index is 0.0396. The van der Waals surface area contributed by atoms with Crippen LogP contribution in [0.4, 0.5) is 17.3 Å². The van der Waals surface area contributed by atoms with E-state index in [9.17, 15) is 4.79 Å². The summed E-state index contributed by atoms with van der Waals surface area (Å²) in [5, 5.41) is 6.48. The van der Waals surface area contributed by atoms with Gasteiger partial charge in [-0.1, -0.05) is 0 Å². The first-order valence-corrected chi connectivity index (χ1v) is 9.28. The van der Waals surface area contributed by atoms with E-state index in [0.717, 1.165) is 17.2 Å². The van der Waals surface area contributed by atoms with Gasteiger partial charge >= 0.3 is 0 Å². The third kappa shape index (κ3) is 5.93. The lowest BCUT2D eigenvalue weighted by Gasteiger charge is -2.11. The standard InChI is InChI=1S/C22H24N4O3/c1-15(27)17-4-6-18(7-5-17)26-22-14-21(24-16(2)25-22)23-12-13-29-20-10-8-19(28-3)9-11-20/h4-11,14H,12-13H2,1-3H3,(H2,23,24,25,26). The van der Waals surface area contributed by atoms with Gasteiger partial charge in [0, 0.05) is 17.3 Å². The Morgan fingerprint density at radius 2 is 1.62 bits per heavy atom. The molecule has 0 aliphatic heterocycles. The van der Waals surface area contributed by atoms with Crippen molar-refractivity contribution in [3.63, 3.8) is 0 Å². The van der Waals surface area contributed by atoms with Gasteiger partial charge in [-0.3, -0.25) is 4.79 Å². The van der Waals surface area contributed by atoms with E-state index in [1.807, 2.05) is 49.4 Å². The fourth-order valence-electron chi connectivity index (χ4n) is 2.68. The van der Waals surface area contributed by atoms with Crippen LogP contribution in [0.2, 0.25) is 0 Å². The van der Waals surface area contributed by atoms with E-state index in [1.54, 1.807) is 26.2 Å². The van der Waals surface area contributed by atoms with E-state index in [-0.39, 0.29) is 5.78 Å². The Bertz CT molecular complexity index is 957. The zero-order chi connectivity index (χ0) is 20.6. The van der Waals surface area contributed by atoms with Gasteiger partial charge < -0.3 is 20.1 Å². The molecule has 0 bridgehead atoms. The molecule has 0 aliphatic rings. The summed E-state index contributed by atoms with van der Waals surface area (Å²) in [6.45, 7) is 4.47. The normalized spacial score (nSPS) is 10.3. The number of hydrogen-bond acceptors (Lipinski definition) is 7. The molecule has 1 aromatic heterocycles. The minimum atomic E-state index is 0.0396. The Labute approximate surface area is 170 Å². The van der Waals surface area contributed by atoms with Crippen molar-refractivity contribution in [2.45, 2.75) is 13.8 Å². The zero-order valence-electron chi connectivity index (χ0n) is 16.7. The second kappa shape index (κ2) is 9.54. The first kappa shape index (κ1) is 20.1. The number of nitrogens with one attached hydrogen (secondary N) is 2. The first-order valence-electron chi connectivity index (χ1n) is 9.28. The molecule has 0 amide bonds. The highest BCUT2D eigenvalue weighted by Crippen LogP contribution is 2.19. The van der Waals surface area contributed by atoms with Gasteiger partial charge in [-0.25, -0.2) is 9.97 Å². The maximum absolute atomic E-state index is 11.4. The molecule has 150 valence electrons. The largest absolute Gasteiger partial charge is 0.497 e. The summed E-state index contributed by atoms with van der Waals surface area (Å²) in [5.74, 6) is 3.64. The average molecular weight is 392 g/mol. The van der Waals surface area contributed by atoms with Gasteiger partial charge in [0.05, 0.1) is 13.7 Å². The maximum atomic E-state index is 11.4. The van der Waals surface area contributed by atoms with Gasteiger partial charge in [0.25, 0.3) is 0 Å². The monoisotopic (exact) mass is 392 g/mol. The Morgan fingerprint density at radius 1 is 0.966 bits per heavy atom. The van der Waals surface area contributed by atoms with Crippen molar-refractivity contribution in [1.29, 1.82) is 0 Å². The van der Waals surface area contributed by atoms with E-state index >= 15 is 0 Å². The molecule has 0 radical (unpaired) electrons. The van der Waals surface area contributed by atoms with E-state index in [0.29, 0.717) is 36.2 Å². The van der Waals surface area contributed by atoms with Crippen molar-refractivity contribution in [3.05, 3.63) is 66.0 Å². The summed E-state index contributed by atoms with van der Waals surface area (Å²) in [7, 11) is 1.63. The van der Waals surface area contributed by atoms with Crippen LogP contribution < -0.4 is 20.1 Å². The van der Waals surface area contributed by atoms with E-state index < -0.39 is 0 Å². The summed E-state index contributed by atoms with van der Waals surface area (Å²) in [6, 6.07) is 16.6. The molecule has 2 N–H and O–H groups in total. The summed E-state index contributed by atoms with van der Waals surface area (Å²) in [5.41, 5.74) is 1.52. The summed E-state index contributed by atoms with van der Waals surface area (Å²) in [6.07, 6.45) is 0. The molecule has 0 spiro atoms. The van der Waals surface area contributed by atoms with E-state index in [4.69, 9.17) is 9.47 Å². The number of carbonyl (C=O) groups is 1. The highest BCUT2D eigenvalue weighted by atomic mass is 16.5. The smallest absolute Gasteiger partial charge is 0.159 e. The maximum Gasteiger partial charge on any atom is 0.159 e. The highest BCUT2D eigenvalue weighted by Gasteiger charge is 2.04. The molecular formula is C22H24N4O3. The summed E-state index contributed by atoms with van der Waals surface area (Å²) in [4.78, 5) is 20.2. The average Bonchev–Trinajstić information content (AvgIpc) is 2.72. The number of anilines is 3. The highest BCUT2D eigenvalue weighted by molar-refractivity contribution is 5.94. The second-order valence-electron chi connectivity index (χ2n) is 6.39. The van der Waals surface area contributed by atoms with E-state index in [1.165, 1.54) is 0 Å². The van der Waals surface area contributed by atoms with Crippen LogP contribution in [0.1, 0.15) is 23.1 Å². The lowest BCUT2D eigenvalue weighted by Crippen LogP contribution is -2.13. The molecule has 2 aromatic carbocycles. The fourth-order valence-corrected chi connectivity index (χ4v) is 2.68. The van der Waals surface area contributed by atoms with E-state index in [2.05, 4.69) is 20.6 Å². The number of aryl methyl sites for hydroxylation is 1. The molecule has 29 heavy (non-hydrogen) atoms. The predicted octanol–water partition coefficient (Wildman–Crippen LogP) is 4.23. The van der Waals surface area contributed by atoms with Crippen LogP contribution in [0.5, 0.6) is 11.5 Å². The Kier molecular flexibility index (Phi) is 6.63. The Hall–Kier alpha value is -3.61. The molecule has 0 fully saturated rings. The molecule has 0 saturated carbocycles.